The third-order valence-corrected chi connectivity index (χ3v) is 4.62. The van der Waals surface area contributed by atoms with E-state index >= 15 is 0 Å². The highest BCUT2D eigenvalue weighted by molar-refractivity contribution is 6.34. The third-order valence-electron chi connectivity index (χ3n) is 4.29. The molecular formula is C17H20ClF3N2O2. The van der Waals surface area contributed by atoms with E-state index < -0.39 is 23.1 Å². The molecule has 1 heterocycles. The molecule has 138 valence electrons. The number of piperidine rings is 1. The first kappa shape index (κ1) is 19.6. The number of nitrogens with one attached hydrogen (secondary N) is 1. The van der Waals surface area contributed by atoms with Gasteiger partial charge >= 0.3 is 6.18 Å². The fourth-order valence-electron chi connectivity index (χ4n) is 2.67. The van der Waals surface area contributed by atoms with Crippen molar-refractivity contribution < 1.29 is 22.8 Å². The summed E-state index contributed by atoms with van der Waals surface area (Å²) in [5.41, 5.74) is -2.50. The Hall–Kier alpha value is -1.76. The number of nitrogens with zero attached hydrogens (tertiary/aromatic N) is 1. The molecule has 0 spiro atoms. The number of halogens is 4. The maximum absolute atomic E-state index is 12.8. The summed E-state index contributed by atoms with van der Waals surface area (Å²) >= 11 is 5.89. The summed E-state index contributed by atoms with van der Waals surface area (Å²) in [6.07, 6.45) is -1.76. The van der Waals surface area contributed by atoms with Gasteiger partial charge in [0.25, 0.3) is 0 Å². The molecular weight excluding hydrogens is 357 g/mol. The molecule has 0 saturated carbocycles. The minimum Gasteiger partial charge on any atom is -0.342 e. The van der Waals surface area contributed by atoms with Crippen LogP contribution in [-0.2, 0) is 15.8 Å². The number of amides is 2. The fourth-order valence-corrected chi connectivity index (χ4v) is 2.83. The Balaban J connectivity index is 2.18. The fraction of sp³-hybridized carbons (Fsp3) is 0.529. The van der Waals surface area contributed by atoms with Gasteiger partial charge in [-0.3, -0.25) is 9.59 Å². The van der Waals surface area contributed by atoms with Gasteiger partial charge in [0.05, 0.1) is 16.3 Å². The Kier molecular flexibility index (Phi) is 5.66. The first-order chi connectivity index (χ1) is 11.5. The minimum absolute atomic E-state index is 0.0254. The molecule has 8 heteroatoms. The van der Waals surface area contributed by atoms with Gasteiger partial charge in [-0.25, -0.2) is 0 Å². The molecule has 25 heavy (non-hydrogen) atoms. The van der Waals surface area contributed by atoms with Crippen LogP contribution in [0.15, 0.2) is 18.2 Å². The monoisotopic (exact) mass is 376 g/mol. The summed E-state index contributed by atoms with van der Waals surface area (Å²) in [5.74, 6) is -1.03. The van der Waals surface area contributed by atoms with Gasteiger partial charge in [0.15, 0.2) is 0 Å². The van der Waals surface area contributed by atoms with Crippen molar-refractivity contribution in [2.24, 2.45) is 5.41 Å². The van der Waals surface area contributed by atoms with Gasteiger partial charge in [-0.15, -0.1) is 0 Å². The zero-order chi connectivity index (χ0) is 18.8. The molecule has 0 atom stereocenters. The number of anilines is 1. The van der Waals surface area contributed by atoms with Crippen molar-refractivity contribution in [1.29, 1.82) is 0 Å². The Morgan fingerprint density at radius 2 is 1.72 bits per heavy atom. The van der Waals surface area contributed by atoms with E-state index in [0.717, 1.165) is 37.5 Å². The molecule has 1 aliphatic rings. The number of benzene rings is 1. The van der Waals surface area contributed by atoms with Gasteiger partial charge in [0.2, 0.25) is 11.8 Å². The Bertz CT molecular complexity index is 668. The van der Waals surface area contributed by atoms with E-state index in [9.17, 15) is 22.8 Å². The maximum atomic E-state index is 12.8. The van der Waals surface area contributed by atoms with Crippen LogP contribution >= 0.6 is 11.6 Å². The average molecular weight is 377 g/mol. The first-order valence-electron chi connectivity index (χ1n) is 8.01. The molecule has 2 rings (SSSR count). The largest absolute Gasteiger partial charge is 0.416 e. The average Bonchev–Trinajstić information content (AvgIpc) is 2.55. The molecule has 1 aromatic carbocycles. The number of rotatable bonds is 3. The third kappa shape index (κ3) is 4.45. The van der Waals surface area contributed by atoms with Crippen LogP contribution in [-0.4, -0.2) is 29.8 Å². The van der Waals surface area contributed by atoms with Crippen molar-refractivity contribution in [3.8, 4) is 0 Å². The number of carbonyl (C=O) groups excluding carboxylic acids is 2. The molecule has 1 aromatic rings. The summed E-state index contributed by atoms with van der Waals surface area (Å²) < 4.78 is 38.5. The number of carbonyl (C=O) groups is 2. The maximum Gasteiger partial charge on any atom is 0.416 e. The van der Waals surface area contributed by atoms with Gasteiger partial charge in [-0.2, -0.15) is 13.2 Å². The highest BCUT2D eigenvalue weighted by atomic mass is 35.5. The lowest BCUT2D eigenvalue weighted by Gasteiger charge is -2.33. The normalized spacial score (nSPS) is 15.8. The van der Waals surface area contributed by atoms with Crippen molar-refractivity contribution >= 4 is 29.1 Å². The van der Waals surface area contributed by atoms with Crippen molar-refractivity contribution in [2.45, 2.75) is 39.3 Å². The molecule has 0 aliphatic carbocycles. The van der Waals surface area contributed by atoms with Crippen LogP contribution in [0.3, 0.4) is 0 Å². The highest BCUT2D eigenvalue weighted by Crippen LogP contribution is 2.34. The topological polar surface area (TPSA) is 49.4 Å². The van der Waals surface area contributed by atoms with Gasteiger partial charge in [0.1, 0.15) is 5.41 Å². The Morgan fingerprint density at radius 1 is 1.12 bits per heavy atom. The first-order valence-corrected chi connectivity index (χ1v) is 8.39. The van der Waals surface area contributed by atoms with Crippen molar-refractivity contribution in [1.82, 2.24) is 4.90 Å². The van der Waals surface area contributed by atoms with Crippen molar-refractivity contribution in [3.05, 3.63) is 28.8 Å². The van der Waals surface area contributed by atoms with Crippen molar-refractivity contribution in [2.75, 3.05) is 18.4 Å². The Labute approximate surface area is 149 Å². The van der Waals surface area contributed by atoms with E-state index in [4.69, 9.17) is 11.6 Å². The molecule has 1 fully saturated rings. The van der Waals surface area contributed by atoms with Crippen LogP contribution < -0.4 is 5.32 Å². The number of hydrogen-bond acceptors (Lipinski definition) is 2. The highest BCUT2D eigenvalue weighted by Gasteiger charge is 2.40. The lowest BCUT2D eigenvalue weighted by Crippen LogP contribution is -2.49. The molecule has 1 N–H and O–H groups in total. The second kappa shape index (κ2) is 7.23. The number of hydrogen-bond donors (Lipinski definition) is 1. The molecule has 0 radical (unpaired) electrons. The molecule has 2 amide bonds. The van der Waals surface area contributed by atoms with Crippen LogP contribution in [0, 0.1) is 5.41 Å². The summed E-state index contributed by atoms with van der Waals surface area (Å²) in [7, 11) is 0. The smallest absolute Gasteiger partial charge is 0.342 e. The second-order valence-corrected chi connectivity index (χ2v) is 7.03. The zero-order valence-corrected chi connectivity index (χ0v) is 14.8. The zero-order valence-electron chi connectivity index (χ0n) is 14.0. The van der Waals surface area contributed by atoms with Crippen LogP contribution in [0.1, 0.15) is 38.7 Å². The van der Waals surface area contributed by atoms with E-state index in [0.29, 0.717) is 13.1 Å². The van der Waals surface area contributed by atoms with Crippen LogP contribution in [0.4, 0.5) is 18.9 Å². The van der Waals surface area contributed by atoms with E-state index in [1.807, 2.05) is 0 Å². The predicted octanol–water partition coefficient (Wildman–Crippen LogP) is 4.34. The van der Waals surface area contributed by atoms with Gasteiger partial charge in [0, 0.05) is 13.1 Å². The molecule has 1 aliphatic heterocycles. The van der Waals surface area contributed by atoms with Crippen LogP contribution in [0.2, 0.25) is 5.02 Å². The summed E-state index contributed by atoms with van der Waals surface area (Å²) in [4.78, 5) is 26.8. The predicted molar refractivity (Wildman–Crippen MR) is 89.3 cm³/mol. The number of likely N-dealkylation sites (tertiary alicyclic amines) is 1. The van der Waals surface area contributed by atoms with Crippen molar-refractivity contribution in [3.63, 3.8) is 0 Å². The molecule has 0 unspecified atom stereocenters. The van der Waals surface area contributed by atoms with Crippen LogP contribution in [0.5, 0.6) is 0 Å². The van der Waals surface area contributed by atoms with E-state index in [-0.39, 0.29) is 16.6 Å². The molecule has 0 aromatic heterocycles. The van der Waals surface area contributed by atoms with Gasteiger partial charge in [-0.1, -0.05) is 11.6 Å². The van der Waals surface area contributed by atoms with E-state index in [1.165, 1.54) is 13.8 Å². The SMILES string of the molecule is CC(C)(C(=O)Nc1cc(C(F)(F)F)ccc1Cl)C(=O)N1CCCCC1. The van der Waals surface area contributed by atoms with E-state index in [2.05, 4.69) is 5.32 Å². The minimum atomic E-state index is -4.55. The summed E-state index contributed by atoms with van der Waals surface area (Å²) in [6.45, 7) is 4.08. The summed E-state index contributed by atoms with van der Waals surface area (Å²) in [6, 6.07) is 2.67. The second-order valence-electron chi connectivity index (χ2n) is 6.62. The van der Waals surface area contributed by atoms with E-state index in [1.54, 1.807) is 4.90 Å². The number of alkyl halides is 3. The molecule has 0 bridgehead atoms. The molecule has 4 nitrogen and oxygen atoms in total. The quantitative estimate of drug-likeness (QED) is 0.798. The standard InChI is InChI=1S/C17H20ClF3N2O2/c1-16(2,15(25)23-8-4-3-5-9-23)14(24)22-13-10-11(17(19,20)21)6-7-12(13)18/h6-7,10H,3-5,8-9H2,1-2H3,(H,22,24). The lowest BCUT2D eigenvalue weighted by molar-refractivity contribution is -0.147. The Morgan fingerprint density at radius 3 is 2.28 bits per heavy atom. The molecule has 1 saturated heterocycles. The van der Waals surface area contributed by atoms with Gasteiger partial charge in [-0.05, 0) is 51.3 Å². The summed E-state index contributed by atoms with van der Waals surface area (Å²) in [5, 5.41) is 2.34. The van der Waals surface area contributed by atoms with Crippen LogP contribution in [0.25, 0.3) is 0 Å². The lowest BCUT2D eigenvalue weighted by atomic mass is 9.89. The van der Waals surface area contributed by atoms with Gasteiger partial charge < -0.3 is 10.2 Å².